The van der Waals surface area contributed by atoms with Crippen LogP contribution in [-0.2, 0) is 6.54 Å². The van der Waals surface area contributed by atoms with Crippen LogP contribution in [0.2, 0.25) is 0 Å². The summed E-state index contributed by atoms with van der Waals surface area (Å²) >= 11 is 0. The molecule has 0 N–H and O–H groups in total. The molecule has 106 valence electrons. The zero-order chi connectivity index (χ0) is 14.4. The molecule has 1 aromatic carbocycles. The summed E-state index contributed by atoms with van der Waals surface area (Å²) in [6.45, 7) is 16.1. The maximum absolute atomic E-state index is 4.30. The van der Waals surface area contributed by atoms with E-state index in [9.17, 15) is 0 Å². The molecule has 1 atom stereocenters. The highest BCUT2D eigenvalue weighted by molar-refractivity contribution is 5.70. The third-order valence-corrected chi connectivity index (χ3v) is 3.93. The van der Waals surface area contributed by atoms with E-state index >= 15 is 0 Å². The zero-order valence-corrected chi connectivity index (χ0v) is 13.3. The summed E-state index contributed by atoms with van der Waals surface area (Å²) in [5.74, 6) is 0. The Labute approximate surface area is 119 Å². The number of hydrogen-bond donors (Lipinski definition) is 0. The average Bonchev–Trinajstić information content (AvgIpc) is 2.78. The van der Waals surface area contributed by atoms with Gasteiger partial charge in [0.25, 0.3) is 0 Å². The first-order chi connectivity index (χ1) is 9.19. The van der Waals surface area contributed by atoms with Crippen LogP contribution in [-0.4, -0.2) is 10.9 Å². The van der Waals surface area contributed by atoms with Crippen LogP contribution in [0, 0.1) is 6.92 Å². The Morgan fingerprint density at radius 1 is 1.26 bits per heavy atom. The third-order valence-electron chi connectivity index (χ3n) is 3.93. The number of nitrogens with zero attached hydrogens (tertiary/aromatic N) is 1. The van der Waals surface area contributed by atoms with Crippen molar-refractivity contribution in [1.82, 2.24) is 4.90 Å². The fourth-order valence-corrected chi connectivity index (χ4v) is 2.87. The van der Waals surface area contributed by atoms with E-state index in [0.717, 1.165) is 6.54 Å². The Kier molecular flexibility index (Phi) is 6.14. The Balaban J connectivity index is 0.000000861. The fourth-order valence-electron chi connectivity index (χ4n) is 2.87. The second-order valence-electron chi connectivity index (χ2n) is 5.03. The second-order valence-corrected chi connectivity index (χ2v) is 5.03. The summed E-state index contributed by atoms with van der Waals surface area (Å²) in [5.41, 5.74) is 5.47. The van der Waals surface area contributed by atoms with Gasteiger partial charge in [0.1, 0.15) is 0 Å². The van der Waals surface area contributed by atoms with Crippen molar-refractivity contribution in [3.05, 3.63) is 41.5 Å². The van der Waals surface area contributed by atoms with Crippen LogP contribution in [0.3, 0.4) is 0 Å². The van der Waals surface area contributed by atoms with Crippen LogP contribution >= 0.6 is 0 Å². The molecule has 0 amide bonds. The molecule has 0 bridgehead atoms. The maximum Gasteiger partial charge on any atom is 0.0441 e. The number of aryl methyl sites for hydroxylation is 1. The van der Waals surface area contributed by atoms with E-state index < -0.39 is 0 Å². The summed E-state index contributed by atoms with van der Waals surface area (Å²) < 4.78 is 0. The minimum absolute atomic E-state index is 0.652. The standard InChI is InChI=1S/C16H23N.C2H6/c1-5-8-14(6-2)17-11-16-12(3)9-7-10-15(16)13(17)4;1-2/h7,9-10,14H,4-6,8,11H2,1-3H3;1-2H3. The van der Waals surface area contributed by atoms with Gasteiger partial charge in [-0.05, 0) is 30.9 Å². The first-order valence-electron chi connectivity index (χ1n) is 7.73. The van der Waals surface area contributed by atoms with Crippen LogP contribution in [0.4, 0.5) is 0 Å². The van der Waals surface area contributed by atoms with Crippen molar-refractivity contribution < 1.29 is 0 Å². The first kappa shape index (κ1) is 15.8. The summed E-state index contributed by atoms with van der Waals surface area (Å²) in [6.07, 6.45) is 3.72. The summed E-state index contributed by atoms with van der Waals surface area (Å²) in [6, 6.07) is 7.21. The summed E-state index contributed by atoms with van der Waals surface area (Å²) in [7, 11) is 0. The molecule has 0 radical (unpaired) electrons. The van der Waals surface area contributed by atoms with E-state index in [4.69, 9.17) is 0 Å². The molecule has 19 heavy (non-hydrogen) atoms. The molecule has 0 fully saturated rings. The van der Waals surface area contributed by atoms with Gasteiger partial charge in [-0.2, -0.15) is 0 Å². The van der Waals surface area contributed by atoms with Gasteiger partial charge < -0.3 is 4.90 Å². The molecule has 0 saturated heterocycles. The number of fused-ring (bicyclic) bond motifs is 1. The van der Waals surface area contributed by atoms with Gasteiger partial charge in [-0.15, -0.1) is 0 Å². The Morgan fingerprint density at radius 3 is 2.47 bits per heavy atom. The minimum Gasteiger partial charge on any atom is -0.364 e. The van der Waals surface area contributed by atoms with Crippen molar-refractivity contribution in [2.45, 2.75) is 66.5 Å². The normalized spacial score (nSPS) is 14.8. The van der Waals surface area contributed by atoms with E-state index in [0.29, 0.717) is 6.04 Å². The average molecular weight is 259 g/mol. The van der Waals surface area contributed by atoms with E-state index in [2.05, 4.69) is 50.4 Å². The van der Waals surface area contributed by atoms with Gasteiger partial charge in [0.2, 0.25) is 0 Å². The van der Waals surface area contributed by atoms with Crippen LogP contribution in [0.5, 0.6) is 0 Å². The van der Waals surface area contributed by atoms with Crippen LogP contribution < -0.4 is 0 Å². The Hall–Kier alpha value is -1.24. The quantitative estimate of drug-likeness (QED) is 0.701. The highest BCUT2D eigenvalue weighted by Gasteiger charge is 2.27. The molecule has 1 unspecified atom stereocenters. The largest absolute Gasteiger partial charge is 0.364 e. The Morgan fingerprint density at radius 2 is 1.95 bits per heavy atom. The molecule has 1 heteroatoms. The molecule has 1 nitrogen and oxygen atoms in total. The first-order valence-corrected chi connectivity index (χ1v) is 7.73. The van der Waals surface area contributed by atoms with E-state index in [1.807, 2.05) is 13.8 Å². The predicted molar refractivity (Wildman–Crippen MR) is 86.1 cm³/mol. The van der Waals surface area contributed by atoms with Crippen molar-refractivity contribution in [2.24, 2.45) is 0 Å². The molecule has 0 spiro atoms. The van der Waals surface area contributed by atoms with Gasteiger partial charge in [-0.1, -0.05) is 58.9 Å². The van der Waals surface area contributed by atoms with Crippen molar-refractivity contribution in [3.8, 4) is 0 Å². The smallest absolute Gasteiger partial charge is 0.0441 e. The number of rotatable bonds is 4. The summed E-state index contributed by atoms with van der Waals surface area (Å²) in [5, 5.41) is 0. The zero-order valence-electron chi connectivity index (χ0n) is 13.3. The molecule has 0 aliphatic carbocycles. The van der Waals surface area contributed by atoms with Crippen LogP contribution in [0.25, 0.3) is 5.70 Å². The SMILES string of the molecule is C=C1c2cccc(C)c2CN1C(CC)CCC.CC. The van der Waals surface area contributed by atoms with Gasteiger partial charge in [0.15, 0.2) is 0 Å². The highest BCUT2D eigenvalue weighted by atomic mass is 15.2. The monoisotopic (exact) mass is 259 g/mol. The molecule has 1 aliphatic rings. The van der Waals surface area contributed by atoms with Crippen LogP contribution in [0.1, 0.15) is 63.6 Å². The molecular formula is C18H29N. The topological polar surface area (TPSA) is 3.24 Å². The Bertz CT molecular complexity index is 420. The van der Waals surface area contributed by atoms with E-state index in [-0.39, 0.29) is 0 Å². The van der Waals surface area contributed by atoms with Gasteiger partial charge in [0, 0.05) is 23.8 Å². The molecular weight excluding hydrogens is 230 g/mol. The van der Waals surface area contributed by atoms with E-state index in [1.165, 1.54) is 41.6 Å². The molecule has 1 aromatic rings. The molecule has 0 aromatic heterocycles. The molecule has 0 saturated carbocycles. The van der Waals surface area contributed by atoms with Crippen molar-refractivity contribution in [2.75, 3.05) is 0 Å². The molecule has 2 rings (SSSR count). The lowest BCUT2D eigenvalue weighted by molar-refractivity contribution is 0.274. The van der Waals surface area contributed by atoms with Crippen LogP contribution in [0.15, 0.2) is 24.8 Å². The fraction of sp³-hybridized carbons (Fsp3) is 0.556. The predicted octanol–water partition coefficient (Wildman–Crippen LogP) is 5.39. The number of benzene rings is 1. The lowest BCUT2D eigenvalue weighted by atomic mass is 10.0. The highest BCUT2D eigenvalue weighted by Crippen LogP contribution is 2.36. The molecule has 1 aliphatic heterocycles. The number of hydrogen-bond acceptors (Lipinski definition) is 1. The van der Waals surface area contributed by atoms with Gasteiger partial charge >= 0.3 is 0 Å². The minimum atomic E-state index is 0.652. The van der Waals surface area contributed by atoms with Gasteiger partial charge in [-0.25, -0.2) is 0 Å². The van der Waals surface area contributed by atoms with Crippen molar-refractivity contribution >= 4 is 5.70 Å². The van der Waals surface area contributed by atoms with Crippen molar-refractivity contribution in [3.63, 3.8) is 0 Å². The second kappa shape index (κ2) is 7.37. The lowest BCUT2D eigenvalue weighted by Gasteiger charge is -2.29. The third kappa shape index (κ3) is 3.20. The van der Waals surface area contributed by atoms with Gasteiger partial charge in [0.05, 0.1) is 0 Å². The molecule has 1 heterocycles. The van der Waals surface area contributed by atoms with E-state index in [1.54, 1.807) is 0 Å². The maximum atomic E-state index is 4.30. The van der Waals surface area contributed by atoms with Crippen molar-refractivity contribution in [1.29, 1.82) is 0 Å². The summed E-state index contributed by atoms with van der Waals surface area (Å²) in [4.78, 5) is 2.50. The van der Waals surface area contributed by atoms with Gasteiger partial charge in [-0.3, -0.25) is 0 Å². The lowest BCUT2D eigenvalue weighted by Crippen LogP contribution is -2.28.